The van der Waals surface area contributed by atoms with Gasteiger partial charge in [-0.3, -0.25) is 14.5 Å². The van der Waals surface area contributed by atoms with Gasteiger partial charge in [0.15, 0.2) is 11.4 Å². The lowest BCUT2D eigenvalue weighted by atomic mass is 10.0. The molecule has 2 aromatic rings. The van der Waals surface area contributed by atoms with E-state index in [1.807, 2.05) is 17.5 Å². The van der Waals surface area contributed by atoms with Gasteiger partial charge >= 0.3 is 5.97 Å². The standard InChI is InChI=1S/C21H20N4O8S2/c26-16(9-14-2-1-7-34-14)22-17-19(27)23-18(21(28)29)12(10-35-20(17)23)4-3-11-5-6-13(24(30)31)8-15(11)25(32)33/h1-8,17,20,24-25,30,32H,9-10H2,(H,22,26)(H,28,29)/b4-3+/t17-,20-/m1/s1. The van der Waals surface area contributed by atoms with Crippen LogP contribution in [0.25, 0.3) is 6.08 Å². The van der Waals surface area contributed by atoms with Crippen LogP contribution in [0.3, 0.4) is 0 Å². The van der Waals surface area contributed by atoms with E-state index in [0.717, 1.165) is 15.8 Å². The van der Waals surface area contributed by atoms with Crippen LogP contribution in [0.15, 0.2) is 53.1 Å². The minimum absolute atomic E-state index is 0.126. The van der Waals surface area contributed by atoms with E-state index >= 15 is 0 Å². The molecule has 3 heterocycles. The van der Waals surface area contributed by atoms with E-state index in [1.165, 1.54) is 47.4 Å². The van der Waals surface area contributed by atoms with Gasteiger partial charge in [0, 0.05) is 22.3 Å². The fraction of sp³-hybridized carbons (Fsp3) is 0.190. The number of thioether (sulfide) groups is 1. The number of carboxylic acids is 1. The topological polar surface area (TPSA) is 182 Å². The van der Waals surface area contributed by atoms with E-state index < -0.39 is 33.7 Å². The number of allylic oxidation sites excluding steroid dienone is 1. The number of benzene rings is 1. The number of β-lactam (4-membered cyclic amide) rings is 1. The van der Waals surface area contributed by atoms with Crippen molar-refractivity contribution in [2.75, 3.05) is 5.75 Å². The third-order valence-corrected chi connectivity index (χ3v) is 7.61. The van der Waals surface area contributed by atoms with E-state index in [1.54, 1.807) is 0 Å². The Kier molecular flexibility index (Phi) is 7.34. The molecule has 1 fully saturated rings. The number of hydrogen-bond acceptors (Lipinski definition) is 9. The van der Waals surface area contributed by atoms with Crippen LogP contribution in [0.5, 0.6) is 0 Å². The Morgan fingerprint density at radius 1 is 1.20 bits per heavy atom. The molecule has 0 aliphatic carbocycles. The fourth-order valence-corrected chi connectivity index (χ4v) is 5.80. The number of nitrogens with zero attached hydrogens (tertiary/aromatic N) is 1. The van der Waals surface area contributed by atoms with Crippen LogP contribution in [-0.2, 0) is 20.8 Å². The van der Waals surface area contributed by atoms with Crippen LogP contribution < -0.4 is 15.8 Å². The summed E-state index contributed by atoms with van der Waals surface area (Å²) in [5, 5.41) is 52.3. The van der Waals surface area contributed by atoms with Crippen molar-refractivity contribution in [1.82, 2.24) is 10.2 Å². The van der Waals surface area contributed by atoms with E-state index in [-0.39, 0.29) is 46.3 Å². The van der Waals surface area contributed by atoms with Gasteiger partial charge in [0.1, 0.15) is 17.1 Å². The molecule has 184 valence electrons. The molecular formula is C21H20N4O8S2. The summed E-state index contributed by atoms with van der Waals surface area (Å²) >= 11 is 2.70. The third kappa shape index (κ3) is 5.14. The van der Waals surface area contributed by atoms with Gasteiger partial charge in [0.2, 0.25) is 5.91 Å². The number of aliphatic carboxylic acids is 1. The summed E-state index contributed by atoms with van der Waals surface area (Å²) in [6, 6.07) is 6.37. The summed E-state index contributed by atoms with van der Waals surface area (Å²) < 4.78 is 0. The highest BCUT2D eigenvalue weighted by Gasteiger charge is 2.53. The lowest BCUT2D eigenvalue weighted by molar-refractivity contribution is -0.996. The number of fused-ring (bicyclic) bond motifs is 1. The number of quaternary nitrogens is 2. The van der Waals surface area contributed by atoms with E-state index in [9.17, 15) is 35.1 Å². The first kappa shape index (κ1) is 25.0. The van der Waals surface area contributed by atoms with Gasteiger partial charge in [-0.05, 0) is 29.2 Å². The van der Waals surface area contributed by atoms with Crippen LogP contribution in [0.2, 0.25) is 0 Å². The van der Waals surface area contributed by atoms with Crippen molar-refractivity contribution in [3.63, 3.8) is 0 Å². The normalized spacial score (nSPS) is 21.5. The lowest BCUT2D eigenvalue weighted by Gasteiger charge is -2.49. The zero-order valence-electron chi connectivity index (χ0n) is 17.8. The smallest absolute Gasteiger partial charge is 0.352 e. The Bertz CT molecular complexity index is 1210. The fourth-order valence-electron chi connectivity index (χ4n) is 3.78. The summed E-state index contributed by atoms with van der Waals surface area (Å²) in [6.07, 6.45) is 2.91. The Morgan fingerprint density at radius 3 is 2.60 bits per heavy atom. The average molecular weight is 521 g/mol. The SMILES string of the molecule is O=C(Cc1cccs1)N[C@@H]1C(=O)N2C(C(=O)O)=C(/C=C/c3ccc([NH+]([O-])O)cc3[NH+]([O-])O)CS[C@H]12. The first-order valence-electron chi connectivity index (χ1n) is 10.2. The monoisotopic (exact) mass is 520 g/mol. The molecule has 2 unspecified atom stereocenters. The maximum absolute atomic E-state index is 12.8. The number of hydrogen-bond donors (Lipinski definition) is 6. The number of carbonyl (C=O) groups is 3. The summed E-state index contributed by atoms with van der Waals surface area (Å²) in [6.45, 7) is 0. The van der Waals surface area contributed by atoms with Crippen molar-refractivity contribution in [2.24, 2.45) is 0 Å². The number of amides is 2. The predicted octanol–water partition coefficient (Wildman–Crippen LogP) is -0.451. The number of carbonyl (C=O) groups excluding carboxylic acids is 2. The second-order valence-electron chi connectivity index (χ2n) is 7.64. The van der Waals surface area contributed by atoms with Crippen molar-refractivity contribution in [1.29, 1.82) is 0 Å². The predicted molar refractivity (Wildman–Crippen MR) is 125 cm³/mol. The van der Waals surface area contributed by atoms with Crippen LogP contribution in [-0.4, -0.2) is 55.4 Å². The molecule has 12 nitrogen and oxygen atoms in total. The van der Waals surface area contributed by atoms with Gasteiger partial charge in [-0.25, -0.2) is 15.2 Å². The molecule has 0 saturated carbocycles. The first-order chi connectivity index (χ1) is 16.7. The molecule has 4 rings (SSSR count). The third-order valence-electron chi connectivity index (χ3n) is 5.43. The maximum atomic E-state index is 12.8. The summed E-state index contributed by atoms with van der Waals surface area (Å²) in [5.41, 5.74) is -0.222. The quantitative estimate of drug-likeness (QED) is 0.198. The molecule has 2 aliphatic heterocycles. The van der Waals surface area contributed by atoms with Crippen molar-refractivity contribution in [2.45, 2.75) is 17.8 Å². The molecule has 1 saturated heterocycles. The molecule has 0 spiro atoms. The number of carboxylic acid groups (broad SMARTS) is 1. The molecule has 0 radical (unpaired) electrons. The Balaban J connectivity index is 1.54. The van der Waals surface area contributed by atoms with E-state index in [0.29, 0.717) is 0 Å². The number of rotatable bonds is 8. The second-order valence-corrected chi connectivity index (χ2v) is 9.77. The molecule has 1 aromatic carbocycles. The van der Waals surface area contributed by atoms with E-state index in [4.69, 9.17) is 5.21 Å². The van der Waals surface area contributed by atoms with Crippen LogP contribution in [0.1, 0.15) is 10.4 Å². The summed E-state index contributed by atoms with van der Waals surface area (Å²) in [7, 11) is 0. The molecule has 4 atom stereocenters. The van der Waals surface area contributed by atoms with Gasteiger partial charge in [0.05, 0.1) is 12.5 Å². The minimum Gasteiger partial charge on any atom is -0.595 e. The maximum Gasteiger partial charge on any atom is 0.352 e. The first-order valence-corrected chi connectivity index (χ1v) is 12.1. The molecule has 35 heavy (non-hydrogen) atoms. The van der Waals surface area contributed by atoms with Crippen LogP contribution in [0, 0.1) is 10.4 Å². The van der Waals surface area contributed by atoms with Crippen LogP contribution >= 0.6 is 23.1 Å². The summed E-state index contributed by atoms with van der Waals surface area (Å²) in [4.78, 5) is 39.1. The lowest BCUT2D eigenvalue weighted by Crippen LogP contribution is -3.01. The Labute approximate surface area is 206 Å². The molecule has 6 N–H and O–H groups in total. The van der Waals surface area contributed by atoms with Crippen molar-refractivity contribution in [3.8, 4) is 0 Å². The minimum atomic E-state index is -1.34. The Morgan fingerprint density at radius 2 is 1.97 bits per heavy atom. The molecule has 0 bridgehead atoms. The van der Waals surface area contributed by atoms with Crippen molar-refractivity contribution < 1.29 is 40.4 Å². The highest BCUT2D eigenvalue weighted by atomic mass is 32.2. The zero-order valence-corrected chi connectivity index (χ0v) is 19.5. The molecule has 2 aliphatic rings. The summed E-state index contributed by atoms with van der Waals surface area (Å²) in [5.74, 6) is -1.99. The van der Waals surface area contributed by atoms with Gasteiger partial charge < -0.3 is 20.8 Å². The van der Waals surface area contributed by atoms with Crippen molar-refractivity contribution >= 4 is 58.3 Å². The molecule has 14 heteroatoms. The van der Waals surface area contributed by atoms with Gasteiger partial charge in [-0.1, -0.05) is 12.1 Å². The highest BCUT2D eigenvalue weighted by molar-refractivity contribution is 8.00. The highest BCUT2D eigenvalue weighted by Crippen LogP contribution is 2.41. The van der Waals surface area contributed by atoms with Crippen molar-refractivity contribution in [3.05, 3.63) is 73.9 Å². The molecule has 2 amide bonds. The molecule has 1 aromatic heterocycles. The van der Waals surface area contributed by atoms with Gasteiger partial charge in [0.25, 0.3) is 5.91 Å². The zero-order chi connectivity index (χ0) is 25.3. The van der Waals surface area contributed by atoms with E-state index in [2.05, 4.69) is 5.32 Å². The number of nitrogens with one attached hydrogen (secondary N) is 3. The largest absolute Gasteiger partial charge is 0.595 e. The van der Waals surface area contributed by atoms with Gasteiger partial charge in [-0.2, -0.15) is 10.5 Å². The second kappa shape index (κ2) is 10.3. The van der Waals surface area contributed by atoms with Crippen LogP contribution in [0.4, 0.5) is 11.4 Å². The van der Waals surface area contributed by atoms with Gasteiger partial charge in [-0.15, -0.1) is 23.1 Å². The number of thiophene rings is 1. The average Bonchev–Trinajstić information content (AvgIpc) is 3.33. The molecular weight excluding hydrogens is 500 g/mol. The Hall–Kier alpha value is -3.08.